The van der Waals surface area contributed by atoms with Crippen LogP contribution in [0.1, 0.15) is 47.8 Å². The minimum Gasteiger partial charge on any atom is -0.444 e. The second-order valence-electron chi connectivity index (χ2n) is 11.6. The van der Waals surface area contributed by atoms with Gasteiger partial charge in [0.2, 0.25) is 5.95 Å². The zero-order valence-electron chi connectivity index (χ0n) is 25.3. The smallest absolute Gasteiger partial charge is 0.407 e. The van der Waals surface area contributed by atoms with E-state index in [1.54, 1.807) is 58.4 Å². The Morgan fingerprint density at radius 1 is 1.07 bits per heavy atom. The van der Waals surface area contributed by atoms with Crippen molar-refractivity contribution in [2.75, 3.05) is 16.8 Å². The van der Waals surface area contributed by atoms with Gasteiger partial charge in [0.05, 0.1) is 18.2 Å². The zero-order valence-corrected chi connectivity index (χ0v) is 25.3. The number of amides is 2. The fourth-order valence-electron chi connectivity index (χ4n) is 5.20. The molecule has 1 unspecified atom stereocenters. The van der Waals surface area contributed by atoms with Gasteiger partial charge in [0, 0.05) is 31.5 Å². The molecule has 44 heavy (non-hydrogen) atoms. The number of rotatable bonds is 9. The maximum Gasteiger partial charge on any atom is 0.407 e. The van der Waals surface area contributed by atoms with Gasteiger partial charge in [0.15, 0.2) is 0 Å². The quantitative estimate of drug-likeness (QED) is 0.275. The van der Waals surface area contributed by atoms with Crippen LogP contribution in [-0.2, 0) is 24.8 Å². The van der Waals surface area contributed by atoms with Gasteiger partial charge >= 0.3 is 6.09 Å². The molecule has 1 atom stereocenters. The van der Waals surface area contributed by atoms with Gasteiger partial charge in [-0.25, -0.2) is 9.78 Å². The number of benzene rings is 2. The normalized spacial score (nSPS) is 13.3. The van der Waals surface area contributed by atoms with Crippen LogP contribution in [0, 0.1) is 0 Å². The molecule has 2 aromatic carbocycles. The number of carbonyl (C=O) groups excluding carboxylic acids is 2. The molecule has 0 aliphatic carbocycles. The van der Waals surface area contributed by atoms with Crippen molar-refractivity contribution in [1.82, 2.24) is 19.9 Å². The van der Waals surface area contributed by atoms with Crippen molar-refractivity contribution in [3.63, 3.8) is 0 Å². The lowest BCUT2D eigenvalue weighted by molar-refractivity contribution is 0.0506. The van der Waals surface area contributed by atoms with E-state index in [0.717, 1.165) is 11.1 Å². The molecule has 0 saturated carbocycles. The van der Waals surface area contributed by atoms with Gasteiger partial charge in [-0.15, -0.1) is 0 Å². The van der Waals surface area contributed by atoms with Crippen LogP contribution in [0.2, 0.25) is 0 Å². The number of hydrogen-bond acceptors (Lipinski definition) is 7. The third-order valence-corrected chi connectivity index (χ3v) is 7.23. The van der Waals surface area contributed by atoms with Crippen molar-refractivity contribution in [3.8, 4) is 11.3 Å². The molecule has 5 rings (SSSR count). The number of nitrogens with one attached hydrogen (secondary N) is 2. The summed E-state index contributed by atoms with van der Waals surface area (Å²) in [5, 5.41) is 6.21. The first kappa shape index (κ1) is 30.2. The Balaban J connectivity index is 1.50. The summed E-state index contributed by atoms with van der Waals surface area (Å²) in [6.07, 6.45) is 4.85. The van der Waals surface area contributed by atoms with E-state index in [4.69, 9.17) is 9.72 Å². The lowest BCUT2D eigenvalue weighted by Gasteiger charge is -2.25. The number of alkyl carbamates (subject to hydrolysis) is 1. The fraction of sp³-hybridized carbons (Fsp3) is 0.265. The molecule has 0 radical (unpaired) electrons. The Hall–Kier alpha value is -5.25. The molecule has 226 valence electrons. The molecular weight excluding hydrogens is 556 g/mol. The van der Waals surface area contributed by atoms with Gasteiger partial charge in [-0.2, -0.15) is 0 Å². The van der Waals surface area contributed by atoms with Crippen LogP contribution in [0.4, 0.5) is 16.4 Å². The van der Waals surface area contributed by atoms with Gasteiger partial charge in [-0.3, -0.25) is 24.0 Å². The molecule has 4 aromatic rings. The highest BCUT2D eigenvalue weighted by Gasteiger charge is 2.35. The average Bonchev–Trinajstić information content (AvgIpc) is 3.33. The maximum atomic E-state index is 14.1. The van der Waals surface area contributed by atoms with Crippen molar-refractivity contribution in [3.05, 3.63) is 112 Å². The lowest BCUT2D eigenvalue weighted by Crippen LogP contribution is -2.44. The van der Waals surface area contributed by atoms with Crippen molar-refractivity contribution >= 4 is 29.7 Å². The molecule has 10 nitrogen and oxygen atoms in total. The summed E-state index contributed by atoms with van der Waals surface area (Å²) in [7, 11) is 1.61. The number of pyridine rings is 1. The molecule has 2 aromatic heterocycles. The second-order valence-corrected chi connectivity index (χ2v) is 11.6. The van der Waals surface area contributed by atoms with E-state index in [1.165, 1.54) is 9.47 Å². The Morgan fingerprint density at radius 3 is 2.48 bits per heavy atom. The summed E-state index contributed by atoms with van der Waals surface area (Å²) < 4.78 is 6.89. The third-order valence-electron chi connectivity index (χ3n) is 7.23. The van der Waals surface area contributed by atoms with E-state index in [2.05, 4.69) is 22.2 Å². The van der Waals surface area contributed by atoms with Gasteiger partial charge in [0.25, 0.3) is 11.5 Å². The van der Waals surface area contributed by atoms with E-state index in [1.807, 2.05) is 48.5 Å². The van der Waals surface area contributed by atoms with Gasteiger partial charge in [0.1, 0.15) is 17.0 Å². The Kier molecular flexibility index (Phi) is 8.61. The van der Waals surface area contributed by atoms with Crippen LogP contribution in [0.25, 0.3) is 17.3 Å². The lowest BCUT2D eigenvalue weighted by atomic mass is 10.0. The van der Waals surface area contributed by atoms with Crippen LogP contribution < -0.4 is 21.1 Å². The molecule has 2 N–H and O–H groups in total. The van der Waals surface area contributed by atoms with E-state index in [0.29, 0.717) is 28.8 Å². The van der Waals surface area contributed by atoms with Gasteiger partial charge in [-0.1, -0.05) is 61.2 Å². The minimum atomic E-state index is -0.658. The van der Waals surface area contributed by atoms with E-state index in [9.17, 15) is 14.4 Å². The maximum absolute atomic E-state index is 14.1. The molecule has 0 saturated heterocycles. The number of fused-ring (bicyclic) bond motifs is 1. The van der Waals surface area contributed by atoms with Crippen molar-refractivity contribution in [2.24, 2.45) is 7.05 Å². The van der Waals surface area contributed by atoms with Crippen molar-refractivity contribution in [2.45, 2.75) is 45.4 Å². The summed E-state index contributed by atoms with van der Waals surface area (Å²) >= 11 is 0. The van der Waals surface area contributed by atoms with Crippen LogP contribution in [0.3, 0.4) is 0 Å². The predicted octanol–water partition coefficient (Wildman–Crippen LogP) is 5.19. The van der Waals surface area contributed by atoms with Gasteiger partial charge < -0.3 is 15.4 Å². The highest BCUT2D eigenvalue weighted by atomic mass is 16.6. The van der Waals surface area contributed by atoms with Crippen molar-refractivity contribution in [1.29, 1.82) is 0 Å². The highest BCUT2D eigenvalue weighted by molar-refractivity contribution is 6.13. The van der Waals surface area contributed by atoms with Crippen molar-refractivity contribution < 1.29 is 14.3 Å². The van der Waals surface area contributed by atoms with Crippen LogP contribution in [0.5, 0.6) is 0 Å². The molecule has 2 amide bonds. The Labute approximate surface area is 256 Å². The summed E-state index contributed by atoms with van der Waals surface area (Å²) in [5.41, 5.74) is 3.19. The van der Waals surface area contributed by atoms with Crippen LogP contribution >= 0.6 is 0 Å². The molecule has 0 bridgehead atoms. The predicted molar refractivity (Wildman–Crippen MR) is 172 cm³/mol. The van der Waals surface area contributed by atoms with E-state index < -0.39 is 17.3 Å². The van der Waals surface area contributed by atoms with E-state index in [-0.39, 0.29) is 36.7 Å². The standard InChI is InChI=1S/C34H36N6O4/c1-6-23-13-10-14-25-21-40(30(41)27(23)25)29-28(24-15-17-35-18-16-24)38-32(39(5)31(29)42)36-20-26(19-22-11-8-7-9-12-22)37-33(43)44-34(2,3)4/h6-18,26H,1,19-21H2,2-5H3,(H,36,38)(H,37,43). The second kappa shape index (κ2) is 12.5. The molecule has 1 aliphatic rings. The molecule has 0 spiro atoms. The largest absolute Gasteiger partial charge is 0.444 e. The average molecular weight is 593 g/mol. The number of nitrogens with zero attached hydrogens (tertiary/aromatic N) is 4. The Bertz CT molecular complexity index is 1750. The highest BCUT2D eigenvalue weighted by Crippen LogP contribution is 2.34. The first-order valence-corrected chi connectivity index (χ1v) is 14.4. The number of anilines is 2. The summed E-state index contributed by atoms with van der Waals surface area (Å²) in [6, 6.07) is 18.5. The van der Waals surface area contributed by atoms with Crippen LogP contribution in [-0.4, -0.2) is 44.7 Å². The zero-order chi connectivity index (χ0) is 31.4. The van der Waals surface area contributed by atoms with E-state index >= 15 is 0 Å². The molecule has 1 aliphatic heterocycles. The topological polar surface area (TPSA) is 118 Å². The molecule has 0 fully saturated rings. The molecule has 10 heteroatoms. The van der Waals surface area contributed by atoms with Gasteiger partial charge in [-0.05, 0) is 56.0 Å². The van der Waals surface area contributed by atoms with Crippen LogP contribution in [0.15, 0.2) is 84.4 Å². The summed E-state index contributed by atoms with van der Waals surface area (Å²) in [5.74, 6) is 0.000421. The summed E-state index contributed by atoms with van der Waals surface area (Å²) in [6.45, 7) is 9.75. The molecule has 3 heterocycles. The third kappa shape index (κ3) is 6.54. The number of aromatic nitrogens is 3. The monoisotopic (exact) mass is 592 g/mol. The number of carbonyl (C=O) groups is 2. The minimum absolute atomic E-state index is 0.174. The summed E-state index contributed by atoms with van der Waals surface area (Å²) in [4.78, 5) is 51.0. The molecular formula is C34H36N6O4. The number of hydrogen-bond donors (Lipinski definition) is 2. The fourth-order valence-corrected chi connectivity index (χ4v) is 5.20. The number of ether oxygens (including phenoxy) is 1. The SMILES string of the molecule is C=Cc1cccc2c1C(=O)N(c1c(-c3ccncc3)nc(NCC(Cc3ccccc3)NC(=O)OC(C)(C)C)n(C)c1=O)C2. The first-order valence-electron chi connectivity index (χ1n) is 14.4. The first-order chi connectivity index (χ1) is 21.1. The Morgan fingerprint density at radius 2 is 1.80 bits per heavy atom.